The van der Waals surface area contributed by atoms with Crippen LogP contribution in [0, 0.1) is 13.8 Å². The lowest BCUT2D eigenvalue weighted by Crippen LogP contribution is -2.01. The van der Waals surface area contributed by atoms with Gasteiger partial charge in [-0.2, -0.15) is 0 Å². The van der Waals surface area contributed by atoms with Crippen LogP contribution in [0.15, 0.2) is 41.2 Å². The standard InChI is InChI=1S/C15H12OS/c1-9-7-8-12-14(16)11-5-3-4-6-13(11)17-15(12)10(9)2/h3-8H,1-2H3. The second kappa shape index (κ2) is 3.67. The molecular formula is C15H12OS. The van der Waals surface area contributed by atoms with Crippen LogP contribution in [0.2, 0.25) is 0 Å². The maximum Gasteiger partial charge on any atom is 0.195 e. The summed E-state index contributed by atoms with van der Waals surface area (Å²) in [4.78, 5) is 12.4. The molecule has 1 nitrogen and oxygen atoms in total. The number of benzene rings is 2. The van der Waals surface area contributed by atoms with E-state index in [1.165, 1.54) is 11.1 Å². The van der Waals surface area contributed by atoms with Gasteiger partial charge in [-0.05, 0) is 43.2 Å². The lowest BCUT2D eigenvalue weighted by Gasteiger charge is -2.06. The molecule has 0 radical (unpaired) electrons. The first-order valence-electron chi connectivity index (χ1n) is 5.60. The molecule has 3 rings (SSSR count). The minimum atomic E-state index is 0.150. The van der Waals surface area contributed by atoms with Crippen LogP contribution in [0.25, 0.3) is 20.2 Å². The molecule has 0 atom stereocenters. The summed E-state index contributed by atoms with van der Waals surface area (Å²) in [5.74, 6) is 0. The molecule has 84 valence electrons. The van der Waals surface area contributed by atoms with Crippen molar-refractivity contribution >= 4 is 31.5 Å². The summed E-state index contributed by atoms with van der Waals surface area (Å²) in [6.07, 6.45) is 0. The first-order chi connectivity index (χ1) is 8.18. The van der Waals surface area contributed by atoms with Crippen LogP contribution in [-0.4, -0.2) is 0 Å². The third kappa shape index (κ3) is 1.48. The van der Waals surface area contributed by atoms with E-state index in [-0.39, 0.29) is 5.43 Å². The Hall–Kier alpha value is -1.67. The lowest BCUT2D eigenvalue weighted by atomic mass is 10.1. The molecule has 17 heavy (non-hydrogen) atoms. The highest BCUT2D eigenvalue weighted by Crippen LogP contribution is 2.28. The van der Waals surface area contributed by atoms with E-state index in [2.05, 4.69) is 13.8 Å². The maximum absolute atomic E-state index is 12.4. The van der Waals surface area contributed by atoms with Gasteiger partial charge in [-0.15, -0.1) is 11.3 Å². The summed E-state index contributed by atoms with van der Waals surface area (Å²) in [6.45, 7) is 4.17. The van der Waals surface area contributed by atoms with Gasteiger partial charge in [-0.3, -0.25) is 4.79 Å². The zero-order valence-electron chi connectivity index (χ0n) is 9.78. The number of hydrogen-bond donors (Lipinski definition) is 0. The summed E-state index contributed by atoms with van der Waals surface area (Å²) >= 11 is 1.71. The molecule has 0 saturated heterocycles. The second-order valence-electron chi connectivity index (χ2n) is 4.31. The zero-order chi connectivity index (χ0) is 12.0. The van der Waals surface area contributed by atoms with Gasteiger partial charge in [-0.1, -0.05) is 18.2 Å². The third-order valence-corrected chi connectivity index (χ3v) is 4.57. The first kappa shape index (κ1) is 10.5. The van der Waals surface area contributed by atoms with E-state index in [1.54, 1.807) is 11.3 Å². The van der Waals surface area contributed by atoms with Crippen molar-refractivity contribution in [1.29, 1.82) is 0 Å². The van der Waals surface area contributed by atoms with Crippen LogP contribution >= 0.6 is 11.3 Å². The van der Waals surface area contributed by atoms with Gasteiger partial charge >= 0.3 is 0 Å². The van der Waals surface area contributed by atoms with Crippen molar-refractivity contribution in [2.75, 3.05) is 0 Å². The molecule has 2 heteroatoms. The molecule has 0 aliphatic heterocycles. The van der Waals surface area contributed by atoms with Crippen LogP contribution < -0.4 is 5.43 Å². The normalized spacial score (nSPS) is 11.2. The Bertz CT molecular complexity index is 784. The van der Waals surface area contributed by atoms with E-state index in [9.17, 15) is 4.79 Å². The first-order valence-corrected chi connectivity index (χ1v) is 6.42. The molecule has 0 spiro atoms. The third-order valence-electron chi connectivity index (χ3n) is 3.27. The molecule has 0 bridgehead atoms. The van der Waals surface area contributed by atoms with E-state index >= 15 is 0 Å². The predicted molar refractivity (Wildman–Crippen MR) is 75.1 cm³/mol. The quantitative estimate of drug-likeness (QED) is 0.542. The van der Waals surface area contributed by atoms with E-state index < -0.39 is 0 Å². The molecule has 0 aliphatic carbocycles. The highest BCUT2D eigenvalue weighted by atomic mass is 32.1. The number of rotatable bonds is 0. The summed E-state index contributed by atoms with van der Waals surface area (Å²) in [6, 6.07) is 11.8. The molecule has 0 N–H and O–H groups in total. The second-order valence-corrected chi connectivity index (χ2v) is 5.36. The van der Waals surface area contributed by atoms with Gasteiger partial charge in [0.1, 0.15) is 0 Å². The van der Waals surface area contributed by atoms with Gasteiger partial charge in [-0.25, -0.2) is 0 Å². The molecule has 3 aromatic rings. The van der Waals surface area contributed by atoms with Crippen molar-refractivity contribution in [3.8, 4) is 0 Å². The van der Waals surface area contributed by atoms with Crippen molar-refractivity contribution in [3.63, 3.8) is 0 Å². The summed E-state index contributed by atoms with van der Waals surface area (Å²) < 4.78 is 2.19. The SMILES string of the molecule is Cc1ccc2c(=O)c3ccccc3sc2c1C. The van der Waals surface area contributed by atoms with Crippen LogP contribution in [0.3, 0.4) is 0 Å². The molecule has 0 unspecified atom stereocenters. The maximum atomic E-state index is 12.4. The fourth-order valence-corrected chi connectivity index (χ4v) is 3.32. The monoisotopic (exact) mass is 240 g/mol. The smallest absolute Gasteiger partial charge is 0.195 e. The number of fused-ring (bicyclic) bond motifs is 2. The predicted octanol–water partition coefficient (Wildman–Crippen LogP) is 4.03. The van der Waals surface area contributed by atoms with Gasteiger partial charge < -0.3 is 0 Å². The molecule has 0 saturated carbocycles. The van der Waals surface area contributed by atoms with E-state index in [1.807, 2.05) is 36.4 Å². The molecule has 0 fully saturated rings. The molecular weight excluding hydrogens is 228 g/mol. The number of aryl methyl sites for hydroxylation is 2. The summed E-state index contributed by atoms with van der Waals surface area (Å²) in [5, 5.41) is 1.67. The Morgan fingerprint density at radius 3 is 2.53 bits per heavy atom. The Labute approximate surface area is 103 Å². The van der Waals surface area contributed by atoms with Crippen molar-refractivity contribution in [1.82, 2.24) is 0 Å². The van der Waals surface area contributed by atoms with Crippen LogP contribution in [-0.2, 0) is 0 Å². The summed E-state index contributed by atoms with van der Waals surface area (Å²) in [5.41, 5.74) is 2.61. The van der Waals surface area contributed by atoms with Gasteiger partial charge in [0.05, 0.1) is 0 Å². The van der Waals surface area contributed by atoms with E-state index in [0.717, 1.165) is 20.2 Å². The van der Waals surface area contributed by atoms with Crippen LogP contribution in [0.1, 0.15) is 11.1 Å². The Morgan fingerprint density at radius 2 is 1.71 bits per heavy atom. The Kier molecular flexibility index (Phi) is 2.26. The topological polar surface area (TPSA) is 17.1 Å². The Balaban J connectivity index is 2.64. The molecule has 2 aromatic carbocycles. The van der Waals surface area contributed by atoms with Gasteiger partial charge in [0.25, 0.3) is 0 Å². The van der Waals surface area contributed by atoms with Crippen molar-refractivity contribution in [2.24, 2.45) is 0 Å². The van der Waals surface area contributed by atoms with Crippen LogP contribution in [0.5, 0.6) is 0 Å². The summed E-state index contributed by atoms with van der Waals surface area (Å²) in [7, 11) is 0. The van der Waals surface area contributed by atoms with Crippen molar-refractivity contribution in [2.45, 2.75) is 13.8 Å². The average Bonchev–Trinajstić information content (AvgIpc) is 2.35. The Morgan fingerprint density at radius 1 is 0.941 bits per heavy atom. The van der Waals surface area contributed by atoms with Gasteiger partial charge in [0.15, 0.2) is 5.43 Å². The zero-order valence-corrected chi connectivity index (χ0v) is 10.6. The van der Waals surface area contributed by atoms with Gasteiger partial charge in [0, 0.05) is 20.2 Å². The minimum absolute atomic E-state index is 0.150. The fourth-order valence-electron chi connectivity index (χ4n) is 2.10. The minimum Gasteiger partial charge on any atom is -0.289 e. The van der Waals surface area contributed by atoms with Crippen molar-refractivity contribution in [3.05, 3.63) is 57.7 Å². The molecule has 0 amide bonds. The van der Waals surface area contributed by atoms with E-state index in [4.69, 9.17) is 0 Å². The average molecular weight is 240 g/mol. The molecule has 0 aliphatic rings. The molecule has 1 aromatic heterocycles. The highest BCUT2D eigenvalue weighted by molar-refractivity contribution is 7.24. The molecule has 1 heterocycles. The fraction of sp³-hybridized carbons (Fsp3) is 0.133. The number of hydrogen-bond acceptors (Lipinski definition) is 2. The van der Waals surface area contributed by atoms with Crippen molar-refractivity contribution < 1.29 is 0 Å². The van der Waals surface area contributed by atoms with Crippen LogP contribution in [0.4, 0.5) is 0 Å². The lowest BCUT2D eigenvalue weighted by molar-refractivity contribution is 1.39. The van der Waals surface area contributed by atoms with Gasteiger partial charge in [0.2, 0.25) is 0 Å². The largest absolute Gasteiger partial charge is 0.289 e. The van der Waals surface area contributed by atoms with E-state index in [0.29, 0.717) is 0 Å². The highest BCUT2D eigenvalue weighted by Gasteiger charge is 2.08.